The van der Waals surface area contributed by atoms with Gasteiger partial charge >= 0.3 is 0 Å². The van der Waals surface area contributed by atoms with Gasteiger partial charge in [0, 0.05) is 17.8 Å². The molecule has 2 aromatic rings. The van der Waals surface area contributed by atoms with Crippen molar-refractivity contribution in [2.45, 2.75) is 20.4 Å². The molecule has 116 valence electrons. The van der Waals surface area contributed by atoms with Gasteiger partial charge in [-0.2, -0.15) is 0 Å². The number of nitrogens with zero attached hydrogens (tertiary/aromatic N) is 2. The van der Waals surface area contributed by atoms with E-state index in [1.807, 2.05) is 25.9 Å². The lowest BCUT2D eigenvalue weighted by Crippen LogP contribution is -2.12. The second-order valence-corrected chi connectivity index (χ2v) is 6.43. The molecule has 1 aromatic carbocycles. The lowest BCUT2D eigenvalue weighted by molar-refractivity contribution is 0.101. The van der Waals surface area contributed by atoms with Crippen LogP contribution in [0.5, 0.6) is 0 Å². The van der Waals surface area contributed by atoms with Crippen LogP contribution in [0.25, 0.3) is 0 Å². The Morgan fingerprint density at radius 2 is 2.05 bits per heavy atom. The summed E-state index contributed by atoms with van der Waals surface area (Å²) in [5.41, 5.74) is 1.91. The minimum Gasteiger partial charge on any atom is -0.321 e. The third-order valence-electron chi connectivity index (χ3n) is 3.03. The summed E-state index contributed by atoms with van der Waals surface area (Å²) < 4.78 is 0. The average Bonchev–Trinajstić information content (AvgIpc) is 2.79. The number of amides is 1. The molecule has 0 fully saturated rings. The zero-order valence-electron chi connectivity index (χ0n) is 13.1. The third-order valence-corrected chi connectivity index (χ3v) is 4.17. The fraction of sp³-hybridized carbons (Fsp3) is 0.312. The highest BCUT2D eigenvalue weighted by Crippen LogP contribution is 2.21. The monoisotopic (exact) mass is 317 g/mol. The topological polar surface area (TPSA) is 62.3 Å². The van der Waals surface area contributed by atoms with Gasteiger partial charge in [-0.3, -0.25) is 9.59 Å². The number of hydrogen-bond donors (Lipinski definition) is 1. The molecule has 0 bridgehead atoms. The molecule has 0 aliphatic rings. The smallest absolute Gasteiger partial charge is 0.267 e. The van der Waals surface area contributed by atoms with Gasteiger partial charge in [-0.25, -0.2) is 4.98 Å². The number of thiazole rings is 1. The van der Waals surface area contributed by atoms with E-state index in [1.165, 1.54) is 18.3 Å². The van der Waals surface area contributed by atoms with Gasteiger partial charge in [0.1, 0.15) is 9.88 Å². The second-order valence-electron chi connectivity index (χ2n) is 5.35. The van der Waals surface area contributed by atoms with Crippen LogP contribution in [0, 0.1) is 6.92 Å². The molecule has 2 rings (SSSR count). The Hall–Kier alpha value is -2.05. The van der Waals surface area contributed by atoms with Gasteiger partial charge in [-0.15, -0.1) is 11.3 Å². The maximum atomic E-state index is 12.4. The number of aryl methyl sites for hydroxylation is 1. The molecule has 5 nitrogen and oxygen atoms in total. The van der Waals surface area contributed by atoms with Crippen molar-refractivity contribution in [3.05, 3.63) is 45.4 Å². The molecule has 0 aliphatic carbocycles. The van der Waals surface area contributed by atoms with Crippen LogP contribution in [-0.2, 0) is 6.54 Å². The predicted molar refractivity (Wildman–Crippen MR) is 88.6 cm³/mol. The number of carbonyl (C=O) groups excluding carboxylic acids is 2. The predicted octanol–water partition coefficient (Wildman–Crippen LogP) is 2.97. The Morgan fingerprint density at radius 3 is 2.68 bits per heavy atom. The van der Waals surface area contributed by atoms with E-state index in [2.05, 4.69) is 10.3 Å². The van der Waals surface area contributed by atoms with E-state index in [9.17, 15) is 9.59 Å². The molecule has 0 saturated carbocycles. The summed E-state index contributed by atoms with van der Waals surface area (Å²) in [6.45, 7) is 4.04. The fourth-order valence-corrected chi connectivity index (χ4v) is 3.08. The van der Waals surface area contributed by atoms with Gasteiger partial charge < -0.3 is 10.2 Å². The SMILES string of the molecule is CC(=O)c1cccc(NC(=O)c2sc(CN(C)C)nc2C)c1. The van der Waals surface area contributed by atoms with Crippen molar-refractivity contribution in [1.29, 1.82) is 0 Å². The van der Waals surface area contributed by atoms with Gasteiger partial charge in [-0.05, 0) is 40.1 Å². The Kier molecular flexibility index (Phi) is 5.05. The Balaban J connectivity index is 2.17. The fourth-order valence-electron chi connectivity index (χ4n) is 2.00. The number of nitrogens with one attached hydrogen (secondary N) is 1. The summed E-state index contributed by atoms with van der Waals surface area (Å²) in [7, 11) is 3.92. The Labute approximate surface area is 134 Å². The molecule has 0 spiro atoms. The van der Waals surface area contributed by atoms with Crippen molar-refractivity contribution in [1.82, 2.24) is 9.88 Å². The molecular formula is C16H19N3O2S. The van der Waals surface area contributed by atoms with Crippen molar-refractivity contribution >= 4 is 28.7 Å². The molecule has 0 aliphatic heterocycles. The molecule has 0 radical (unpaired) electrons. The molecule has 1 amide bonds. The highest BCUT2D eigenvalue weighted by Gasteiger charge is 2.16. The van der Waals surface area contributed by atoms with Crippen LogP contribution in [0.15, 0.2) is 24.3 Å². The maximum Gasteiger partial charge on any atom is 0.267 e. The van der Waals surface area contributed by atoms with Gasteiger partial charge in [0.2, 0.25) is 0 Å². The number of Topliss-reactive ketones (excluding diaryl/α,β-unsaturated/α-hetero) is 1. The van der Waals surface area contributed by atoms with Gasteiger partial charge in [0.15, 0.2) is 5.78 Å². The lowest BCUT2D eigenvalue weighted by Gasteiger charge is -2.06. The van der Waals surface area contributed by atoms with Crippen LogP contribution >= 0.6 is 11.3 Å². The molecule has 6 heteroatoms. The first-order valence-corrected chi connectivity index (χ1v) is 7.72. The van der Waals surface area contributed by atoms with Crippen molar-refractivity contribution in [2.24, 2.45) is 0 Å². The Bertz CT molecular complexity index is 707. The number of benzene rings is 1. The third kappa shape index (κ3) is 3.99. The van der Waals surface area contributed by atoms with E-state index in [-0.39, 0.29) is 11.7 Å². The van der Waals surface area contributed by atoms with Crippen molar-refractivity contribution < 1.29 is 9.59 Å². The molecule has 0 atom stereocenters. The highest BCUT2D eigenvalue weighted by atomic mass is 32.1. The summed E-state index contributed by atoms with van der Waals surface area (Å²) >= 11 is 1.39. The molecule has 22 heavy (non-hydrogen) atoms. The van der Waals surface area contributed by atoms with E-state index in [1.54, 1.807) is 24.3 Å². The number of ketones is 1. The maximum absolute atomic E-state index is 12.4. The average molecular weight is 317 g/mol. The Morgan fingerprint density at radius 1 is 1.32 bits per heavy atom. The normalized spacial score (nSPS) is 10.8. The lowest BCUT2D eigenvalue weighted by atomic mass is 10.1. The standard InChI is InChI=1S/C16H19N3O2S/c1-10-15(22-14(17-10)9-19(3)4)16(21)18-13-7-5-6-12(8-13)11(2)20/h5-8H,9H2,1-4H3,(H,18,21). The molecule has 1 N–H and O–H groups in total. The first-order valence-electron chi connectivity index (χ1n) is 6.90. The summed E-state index contributed by atoms with van der Waals surface area (Å²) in [6, 6.07) is 6.92. The highest BCUT2D eigenvalue weighted by molar-refractivity contribution is 7.13. The molecule has 0 unspecified atom stereocenters. The van der Waals surface area contributed by atoms with Crippen molar-refractivity contribution in [3.8, 4) is 0 Å². The largest absolute Gasteiger partial charge is 0.321 e. The molecule has 0 saturated heterocycles. The first-order chi connectivity index (χ1) is 10.4. The zero-order chi connectivity index (χ0) is 16.3. The minimum atomic E-state index is -0.194. The summed E-state index contributed by atoms with van der Waals surface area (Å²) in [5, 5.41) is 3.73. The van der Waals surface area contributed by atoms with Crippen LogP contribution < -0.4 is 5.32 Å². The van der Waals surface area contributed by atoms with Gasteiger partial charge in [0.05, 0.1) is 5.69 Å². The van der Waals surface area contributed by atoms with Crippen molar-refractivity contribution in [2.75, 3.05) is 19.4 Å². The molecule has 1 heterocycles. The minimum absolute atomic E-state index is 0.0293. The van der Waals surface area contributed by atoms with Crippen LogP contribution in [-0.4, -0.2) is 35.7 Å². The second kappa shape index (κ2) is 6.81. The van der Waals surface area contributed by atoms with Gasteiger partial charge in [-0.1, -0.05) is 12.1 Å². The number of rotatable bonds is 5. The summed E-state index contributed by atoms with van der Waals surface area (Å²) in [5.74, 6) is -0.223. The van der Waals surface area contributed by atoms with E-state index in [4.69, 9.17) is 0 Å². The quantitative estimate of drug-likeness (QED) is 0.861. The van der Waals surface area contributed by atoms with E-state index in [0.717, 1.165) is 10.7 Å². The first kappa shape index (κ1) is 16.3. The molecular weight excluding hydrogens is 298 g/mol. The van der Waals surface area contributed by atoms with Crippen LogP contribution in [0.4, 0.5) is 5.69 Å². The van der Waals surface area contributed by atoms with Crippen LogP contribution in [0.2, 0.25) is 0 Å². The van der Waals surface area contributed by atoms with Crippen molar-refractivity contribution in [3.63, 3.8) is 0 Å². The van der Waals surface area contributed by atoms with E-state index < -0.39 is 0 Å². The number of anilines is 1. The van der Waals surface area contributed by atoms with Gasteiger partial charge in [0.25, 0.3) is 5.91 Å². The van der Waals surface area contributed by atoms with E-state index >= 15 is 0 Å². The van der Waals surface area contributed by atoms with E-state index in [0.29, 0.717) is 22.7 Å². The number of aromatic nitrogens is 1. The van der Waals surface area contributed by atoms with Crippen LogP contribution in [0.3, 0.4) is 0 Å². The summed E-state index contributed by atoms with van der Waals surface area (Å²) in [4.78, 5) is 30.8. The number of carbonyl (C=O) groups is 2. The number of hydrogen-bond acceptors (Lipinski definition) is 5. The summed E-state index contributed by atoms with van der Waals surface area (Å²) in [6.07, 6.45) is 0. The molecule has 1 aromatic heterocycles. The zero-order valence-corrected chi connectivity index (χ0v) is 14.0. The van der Waals surface area contributed by atoms with Crippen LogP contribution in [0.1, 0.15) is 37.7 Å².